The largest absolute Gasteiger partial charge is 0.272 e. The zero-order valence-corrected chi connectivity index (χ0v) is 11.8. The minimum Gasteiger partial charge on any atom is -0.272 e. The lowest BCUT2D eigenvalue weighted by Gasteiger charge is -2.13. The van der Waals surface area contributed by atoms with Crippen molar-refractivity contribution in [2.24, 2.45) is 12.1 Å². The van der Waals surface area contributed by atoms with Gasteiger partial charge in [0.25, 0.3) is 5.91 Å². The molecular formula is C15H16N4O. The molecule has 0 fully saturated rings. The first-order valence-corrected chi connectivity index (χ1v) is 6.52. The molecule has 5 heteroatoms. The molecule has 0 atom stereocenters. The van der Waals surface area contributed by atoms with Crippen molar-refractivity contribution in [3.8, 4) is 0 Å². The molecule has 102 valence electrons. The van der Waals surface area contributed by atoms with Crippen LogP contribution in [0.2, 0.25) is 0 Å². The normalized spacial score (nSPS) is 14.8. The first-order valence-electron chi connectivity index (χ1n) is 6.52. The van der Waals surface area contributed by atoms with Crippen LogP contribution in [-0.2, 0) is 11.8 Å². The van der Waals surface area contributed by atoms with E-state index in [0.717, 1.165) is 28.2 Å². The molecule has 0 spiro atoms. The third kappa shape index (κ3) is 2.11. The summed E-state index contributed by atoms with van der Waals surface area (Å²) in [6.07, 6.45) is 2.02. The van der Waals surface area contributed by atoms with Gasteiger partial charge in [0.1, 0.15) is 0 Å². The number of carbonyl (C=O) groups is 1. The van der Waals surface area contributed by atoms with Gasteiger partial charge in [-0.2, -0.15) is 10.2 Å². The van der Waals surface area contributed by atoms with Gasteiger partial charge in [-0.1, -0.05) is 6.07 Å². The summed E-state index contributed by atoms with van der Waals surface area (Å²) in [4.78, 5) is 12.2. The molecule has 20 heavy (non-hydrogen) atoms. The second-order valence-corrected chi connectivity index (χ2v) is 5.11. The van der Waals surface area contributed by atoms with E-state index in [0.29, 0.717) is 6.42 Å². The summed E-state index contributed by atoms with van der Waals surface area (Å²) < 4.78 is 1.73. The minimum absolute atomic E-state index is 0.00815. The molecule has 1 aliphatic heterocycles. The van der Waals surface area contributed by atoms with Gasteiger partial charge in [0.2, 0.25) is 0 Å². The third-order valence-corrected chi connectivity index (χ3v) is 3.34. The summed E-state index contributed by atoms with van der Waals surface area (Å²) in [6.45, 7) is 4.03. The van der Waals surface area contributed by atoms with E-state index in [9.17, 15) is 4.79 Å². The number of nitrogens with zero attached hydrogens (tertiary/aromatic N) is 4. The van der Waals surface area contributed by atoms with Crippen molar-refractivity contribution < 1.29 is 4.79 Å². The van der Waals surface area contributed by atoms with E-state index >= 15 is 0 Å². The van der Waals surface area contributed by atoms with E-state index in [4.69, 9.17) is 0 Å². The Kier molecular flexibility index (Phi) is 2.89. The lowest BCUT2D eigenvalue weighted by Crippen LogP contribution is -2.19. The number of aryl methyl sites for hydroxylation is 3. The maximum atomic E-state index is 12.2. The molecule has 5 nitrogen and oxygen atoms in total. The van der Waals surface area contributed by atoms with E-state index in [1.54, 1.807) is 10.9 Å². The van der Waals surface area contributed by atoms with Crippen LogP contribution in [0.4, 0.5) is 5.69 Å². The summed E-state index contributed by atoms with van der Waals surface area (Å²) in [5.41, 5.74) is 4.71. The molecule has 0 radical (unpaired) electrons. The highest BCUT2D eigenvalue weighted by atomic mass is 16.2. The van der Waals surface area contributed by atoms with E-state index in [1.165, 1.54) is 5.01 Å². The topological polar surface area (TPSA) is 50.5 Å². The van der Waals surface area contributed by atoms with Gasteiger partial charge in [-0.3, -0.25) is 9.48 Å². The summed E-state index contributed by atoms with van der Waals surface area (Å²) in [6, 6.07) is 7.90. The lowest BCUT2D eigenvalue weighted by atomic mass is 10.1. The van der Waals surface area contributed by atoms with Crippen LogP contribution < -0.4 is 5.01 Å². The van der Waals surface area contributed by atoms with Crippen molar-refractivity contribution in [3.63, 3.8) is 0 Å². The second-order valence-electron chi connectivity index (χ2n) is 5.11. The molecule has 2 heterocycles. The van der Waals surface area contributed by atoms with Gasteiger partial charge in [-0.05, 0) is 43.2 Å². The van der Waals surface area contributed by atoms with Crippen LogP contribution in [0.1, 0.15) is 23.2 Å². The number of hydrogen-bond acceptors (Lipinski definition) is 3. The predicted molar refractivity (Wildman–Crippen MR) is 77.8 cm³/mol. The smallest absolute Gasteiger partial charge is 0.253 e. The van der Waals surface area contributed by atoms with Crippen molar-refractivity contribution in [1.29, 1.82) is 0 Å². The summed E-state index contributed by atoms with van der Waals surface area (Å²) in [7, 11) is 1.85. The number of rotatable bonds is 2. The molecule has 0 aliphatic carbocycles. The number of amides is 1. The van der Waals surface area contributed by atoms with Gasteiger partial charge in [0, 0.05) is 13.2 Å². The first-order chi connectivity index (χ1) is 9.54. The quantitative estimate of drug-likeness (QED) is 0.838. The molecule has 1 aliphatic rings. The Morgan fingerprint density at radius 3 is 2.45 bits per heavy atom. The lowest BCUT2D eigenvalue weighted by molar-refractivity contribution is -0.116. The fourth-order valence-corrected chi connectivity index (χ4v) is 2.50. The standard InChI is InChI=1S/C15H16N4O/c1-10-6-11(2)8-12(7-10)19-15(20)9-13(17-19)14-4-5-16-18(14)3/h4-8H,9H2,1-3H3. The Morgan fingerprint density at radius 2 is 1.85 bits per heavy atom. The molecule has 2 aromatic rings. The van der Waals surface area contributed by atoms with Gasteiger partial charge in [-0.15, -0.1) is 0 Å². The van der Waals surface area contributed by atoms with Crippen LogP contribution in [0.25, 0.3) is 0 Å². The Morgan fingerprint density at radius 1 is 1.15 bits per heavy atom. The maximum absolute atomic E-state index is 12.2. The van der Waals surface area contributed by atoms with Crippen molar-refractivity contribution in [2.75, 3.05) is 5.01 Å². The maximum Gasteiger partial charge on any atom is 0.253 e. The molecule has 0 unspecified atom stereocenters. The van der Waals surface area contributed by atoms with E-state index < -0.39 is 0 Å². The second kappa shape index (κ2) is 4.59. The average molecular weight is 268 g/mol. The fourth-order valence-electron chi connectivity index (χ4n) is 2.50. The van der Waals surface area contributed by atoms with Crippen LogP contribution in [0.3, 0.4) is 0 Å². The van der Waals surface area contributed by atoms with Gasteiger partial charge >= 0.3 is 0 Å². The third-order valence-electron chi connectivity index (χ3n) is 3.34. The number of aromatic nitrogens is 2. The highest BCUT2D eigenvalue weighted by molar-refractivity contribution is 6.18. The Bertz CT molecular complexity index is 694. The zero-order valence-electron chi connectivity index (χ0n) is 11.8. The molecule has 0 N–H and O–H groups in total. The molecular weight excluding hydrogens is 252 g/mol. The molecule has 0 saturated heterocycles. The number of benzene rings is 1. The van der Waals surface area contributed by atoms with Crippen LogP contribution in [0.5, 0.6) is 0 Å². The van der Waals surface area contributed by atoms with Crippen molar-refractivity contribution in [2.45, 2.75) is 20.3 Å². The first kappa shape index (κ1) is 12.6. The predicted octanol–water partition coefficient (Wildman–Crippen LogP) is 2.18. The molecule has 1 aromatic carbocycles. The minimum atomic E-state index is -0.00815. The van der Waals surface area contributed by atoms with Crippen LogP contribution in [0, 0.1) is 13.8 Å². The van der Waals surface area contributed by atoms with E-state index in [2.05, 4.69) is 16.3 Å². The van der Waals surface area contributed by atoms with Crippen molar-refractivity contribution >= 4 is 17.3 Å². The molecule has 1 amide bonds. The number of hydrogen-bond donors (Lipinski definition) is 0. The SMILES string of the molecule is Cc1cc(C)cc(N2N=C(c3ccnn3C)CC2=O)c1. The van der Waals surface area contributed by atoms with E-state index in [1.807, 2.05) is 39.1 Å². The fraction of sp³-hybridized carbons (Fsp3) is 0.267. The summed E-state index contributed by atoms with van der Waals surface area (Å²) in [5, 5.41) is 10.1. The van der Waals surface area contributed by atoms with Crippen LogP contribution in [-0.4, -0.2) is 21.4 Å². The monoisotopic (exact) mass is 268 g/mol. The summed E-state index contributed by atoms with van der Waals surface area (Å²) >= 11 is 0. The zero-order chi connectivity index (χ0) is 14.3. The molecule has 3 rings (SSSR count). The van der Waals surface area contributed by atoms with Crippen LogP contribution in [0.15, 0.2) is 35.6 Å². The van der Waals surface area contributed by atoms with Gasteiger partial charge < -0.3 is 0 Å². The molecule has 0 bridgehead atoms. The Labute approximate surface area is 117 Å². The molecule has 0 saturated carbocycles. The highest BCUT2D eigenvalue weighted by Crippen LogP contribution is 2.24. The van der Waals surface area contributed by atoms with Crippen LogP contribution >= 0.6 is 0 Å². The summed E-state index contributed by atoms with van der Waals surface area (Å²) in [5.74, 6) is -0.00815. The number of hydrazone groups is 1. The van der Waals surface area contributed by atoms with Gasteiger partial charge in [0.15, 0.2) is 0 Å². The molecule has 1 aromatic heterocycles. The number of anilines is 1. The highest BCUT2D eigenvalue weighted by Gasteiger charge is 2.27. The Balaban J connectivity index is 2.00. The van der Waals surface area contributed by atoms with Gasteiger partial charge in [0.05, 0.1) is 23.5 Å². The van der Waals surface area contributed by atoms with Crippen molar-refractivity contribution in [3.05, 3.63) is 47.3 Å². The Hall–Kier alpha value is -2.43. The van der Waals surface area contributed by atoms with Crippen molar-refractivity contribution in [1.82, 2.24) is 9.78 Å². The van der Waals surface area contributed by atoms with E-state index in [-0.39, 0.29) is 5.91 Å². The average Bonchev–Trinajstić information content (AvgIpc) is 2.94. The van der Waals surface area contributed by atoms with Gasteiger partial charge in [-0.25, -0.2) is 5.01 Å². The number of carbonyl (C=O) groups excluding carboxylic acids is 1.